The summed E-state index contributed by atoms with van der Waals surface area (Å²) in [5.74, 6) is 2.12. The maximum absolute atomic E-state index is 12.2. The van der Waals surface area contributed by atoms with Crippen molar-refractivity contribution in [3.63, 3.8) is 0 Å². The third-order valence-electron chi connectivity index (χ3n) is 5.35. The molecule has 0 unspecified atom stereocenters. The van der Waals surface area contributed by atoms with Crippen LogP contribution in [0.1, 0.15) is 0 Å². The second kappa shape index (κ2) is 10.1. The fraction of sp³-hybridized carbons (Fsp3) is 0.154. The van der Waals surface area contributed by atoms with E-state index in [1.54, 1.807) is 23.8 Å². The van der Waals surface area contributed by atoms with Gasteiger partial charge in [-0.15, -0.1) is 15.3 Å². The Bertz CT molecular complexity index is 1480. The monoisotopic (exact) mass is 469 g/mol. The molecule has 0 aliphatic carbocycles. The minimum Gasteiger partial charge on any atom is -0.497 e. The molecule has 0 aliphatic rings. The molecule has 9 heteroatoms. The van der Waals surface area contributed by atoms with Gasteiger partial charge in [-0.3, -0.25) is 4.79 Å². The molecule has 2 aromatic heterocycles. The number of methoxy groups -OCH3 is 1. The first-order chi connectivity index (χ1) is 17.2. The van der Waals surface area contributed by atoms with Crippen LogP contribution in [0.25, 0.3) is 27.8 Å². The SMILES string of the molecule is COc1cccc(-c2nnc3ccc(OCCNC(=O)COc4cccc5ccccc45)nn23)c1. The van der Waals surface area contributed by atoms with Gasteiger partial charge in [-0.2, -0.15) is 4.52 Å². The number of carbonyl (C=O) groups is 1. The number of nitrogens with one attached hydrogen (secondary N) is 1. The first kappa shape index (κ1) is 22.1. The second-order valence-corrected chi connectivity index (χ2v) is 7.66. The predicted molar refractivity (Wildman–Crippen MR) is 131 cm³/mol. The van der Waals surface area contributed by atoms with Crippen molar-refractivity contribution < 1.29 is 19.0 Å². The van der Waals surface area contributed by atoms with Gasteiger partial charge in [-0.1, -0.05) is 48.5 Å². The third kappa shape index (κ3) is 4.98. The Morgan fingerprint density at radius 3 is 2.71 bits per heavy atom. The number of aromatic nitrogens is 4. The minimum absolute atomic E-state index is 0.0805. The number of nitrogens with zero attached hydrogens (tertiary/aromatic N) is 4. The van der Waals surface area contributed by atoms with Crippen LogP contribution in [0.2, 0.25) is 0 Å². The van der Waals surface area contributed by atoms with Gasteiger partial charge in [0.25, 0.3) is 5.91 Å². The Kier molecular flexibility index (Phi) is 6.38. The van der Waals surface area contributed by atoms with E-state index in [0.717, 1.165) is 16.3 Å². The maximum atomic E-state index is 12.2. The van der Waals surface area contributed by atoms with E-state index in [4.69, 9.17) is 14.2 Å². The standard InChI is InChI=1S/C26H23N5O4/c1-33-20-9-4-8-19(16-20)26-29-28-23-12-13-25(30-31(23)26)34-15-14-27-24(32)17-35-22-11-5-7-18-6-2-3-10-21(18)22/h2-13,16H,14-15,17H2,1H3,(H,27,32). The van der Waals surface area contributed by atoms with E-state index in [-0.39, 0.29) is 19.1 Å². The molecule has 0 bridgehead atoms. The lowest BCUT2D eigenvalue weighted by Gasteiger charge is -2.10. The van der Waals surface area contributed by atoms with Gasteiger partial charge < -0.3 is 19.5 Å². The number of hydrogen-bond donors (Lipinski definition) is 1. The van der Waals surface area contributed by atoms with Crippen LogP contribution in [-0.2, 0) is 4.79 Å². The zero-order valence-corrected chi connectivity index (χ0v) is 19.0. The molecule has 0 atom stereocenters. The summed E-state index contributed by atoms with van der Waals surface area (Å²) in [4.78, 5) is 12.2. The highest BCUT2D eigenvalue weighted by molar-refractivity contribution is 5.88. The fourth-order valence-corrected chi connectivity index (χ4v) is 3.65. The highest BCUT2D eigenvalue weighted by Gasteiger charge is 2.12. The Hall–Kier alpha value is -4.66. The number of benzene rings is 3. The van der Waals surface area contributed by atoms with E-state index in [1.807, 2.05) is 66.7 Å². The molecule has 3 aromatic carbocycles. The second-order valence-electron chi connectivity index (χ2n) is 7.66. The number of fused-ring (bicyclic) bond motifs is 2. The van der Waals surface area contributed by atoms with E-state index in [2.05, 4.69) is 20.6 Å². The summed E-state index contributed by atoms with van der Waals surface area (Å²) >= 11 is 0. The normalized spacial score (nSPS) is 10.9. The summed E-state index contributed by atoms with van der Waals surface area (Å²) in [6, 6.07) is 24.6. The lowest BCUT2D eigenvalue weighted by Crippen LogP contribution is -2.32. The molecule has 1 N–H and O–H groups in total. The van der Waals surface area contributed by atoms with Crippen molar-refractivity contribution >= 4 is 22.3 Å². The van der Waals surface area contributed by atoms with E-state index >= 15 is 0 Å². The van der Waals surface area contributed by atoms with Gasteiger partial charge >= 0.3 is 0 Å². The van der Waals surface area contributed by atoms with Gasteiger partial charge in [0.2, 0.25) is 5.88 Å². The van der Waals surface area contributed by atoms with Crippen molar-refractivity contribution in [2.24, 2.45) is 0 Å². The van der Waals surface area contributed by atoms with E-state index < -0.39 is 0 Å². The van der Waals surface area contributed by atoms with Crippen LogP contribution in [0.4, 0.5) is 0 Å². The molecule has 176 valence electrons. The highest BCUT2D eigenvalue weighted by atomic mass is 16.5. The molecule has 1 amide bonds. The molecule has 9 nitrogen and oxygen atoms in total. The molecule has 5 rings (SSSR count). The average molecular weight is 470 g/mol. The summed E-state index contributed by atoms with van der Waals surface area (Å²) in [5.41, 5.74) is 1.41. The molecule has 0 saturated heterocycles. The molecule has 35 heavy (non-hydrogen) atoms. The lowest BCUT2D eigenvalue weighted by atomic mass is 10.1. The number of amides is 1. The van der Waals surface area contributed by atoms with E-state index in [1.165, 1.54) is 0 Å². The molecular weight excluding hydrogens is 446 g/mol. The van der Waals surface area contributed by atoms with Crippen molar-refractivity contribution in [1.82, 2.24) is 25.1 Å². The van der Waals surface area contributed by atoms with Gasteiger partial charge in [0.05, 0.1) is 13.7 Å². The number of carbonyl (C=O) groups excluding carboxylic acids is 1. The molecule has 5 aromatic rings. The summed E-state index contributed by atoms with van der Waals surface area (Å²) in [5, 5.41) is 17.7. The predicted octanol–water partition coefficient (Wildman–Crippen LogP) is 3.53. The maximum Gasteiger partial charge on any atom is 0.258 e. The highest BCUT2D eigenvalue weighted by Crippen LogP contribution is 2.25. The lowest BCUT2D eigenvalue weighted by molar-refractivity contribution is -0.123. The van der Waals surface area contributed by atoms with Gasteiger partial charge in [0.1, 0.15) is 18.1 Å². The summed E-state index contributed by atoms with van der Waals surface area (Å²) in [6.07, 6.45) is 0. The Balaban J connectivity index is 1.15. The number of hydrogen-bond acceptors (Lipinski definition) is 7. The largest absolute Gasteiger partial charge is 0.497 e. The Morgan fingerprint density at radius 1 is 0.943 bits per heavy atom. The van der Waals surface area contributed by atoms with Crippen molar-refractivity contribution in [2.45, 2.75) is 0 Å². The van der Waals surface area contributed by atoms with E-state index in [0.29, 0.717) is 35.4 Å². The van der Waals surface area contributed by atoms with Crippen LogP contribution in [0.5, 0.6) is 17.4 Å². The topological polar surface area (TPSA) is 99.9 Å². The fourth-order valence-electron chi connectivity index (χ4n) is 3.65. The number of ether oxygens (including phenoxy) is 3. The molecule has 2 heterocycles. The van der Waals surface area contributed by atoms with Crippen LogP contribution in [0.15, 0.2) is 78.9 Å². The van der Waals surface area contributed by atoms with Crippen molar-refractivity contribution in [1.29, 1.82) is 0 Å². The quantitative estimate of drug-likeness (QED) is 0.330. The van der Waals surface area contributed by atoms with Gasteiger partial charge in [-0.25, -0.2) is 0 Å². The van der Waals surface area contributed by atoms with Crippen LogP contribution in [-0.4, -0.2) is 52.6 Å². The van der Waals surface area contributed by atoms with Crippen molar-refractivity contribution in [3.05, 3.63) is 78.9 Å². The first-order valence-corrected chi connectivity index (χ1v) is 11.1. The molecule has 0 spiro atoms. The van der Waals surface area contributed by atoms with E-state index in [9.17, 15) is 4.79 Å². The molecule has 0 radical (unpaired) electrons. The summed E-state index contributed by atoms with van der Waals surface area (Å²) in [6.45, 7) is 0.473. The summed E-state index contributed by atoms with van der Waals surface area (Å²) in [7, 11) is 1.61. The van der Waals surface area contributed by atoms with Gasteiger partial charge in [0, 0.05) is 17.0 Å². The van der Waals surface area contributed by atoms with Crippen LogP contribution in [0, 0.1) is 0 Å². The van der Waals surface area contributed by atoms with Crippen LogP contribution in [0.3, 0.4) is 0 Å². The van der Waals surface area contributed by atoms with Gasteiger partial charge in [0.15, 0.2) is 18.1 Å². The third-order valence-corrected chi connectivity index (χ3v) is 5.35. The van der Waals surface area contributed by atoms with Crippen molar-refractivity contribution in [2.75, 3.05) is 26.9 Å². The Labute approximate surface area is 201 Å². The van der Waals surface area contributed by atoms with Gasteiger partial charge in [-0.05, 0) is 29.7 Å². The van der Waals surface area contributed by atoms with Crippen LogP contribution >= 0.6 is 0 Å². The number of rotatable bonds is 9. The zero-order chi connectivity index (χ0) is 24.0. The zero-order valence-electron chi connectivity index (χ0n) is 19.0. The molecule has 0 saturated carbocycles. The molecule has 0 aliphatic heterocycles. The molecular formula is C26H23N5O4. The minimum atomic E-state index is -0.232. The average Bonchev–Trinajstić information content (AvgIpc) is 3.33. The van der Waals surface area contributed by atoms with Crippen LogP contribution < -0.4 is 19.5 Å². The Morgan fingerprint density at radius 2 is 1.80 bits per heavy atom. The first-order valence-electron chi connectivity index (χ1n) is 11.1. The molecule has 0 fully saturated rings. The summed E-state index contributed by atoms with van der Waals surface area (Å²) < 4.78 is 18.3. The smallest absolute Gasteiger partial charge is 0.258 e. The van der Waals surface area contributed by atoms with Crippen molar-refractivity contribution in [3.8, 4) is 28.8 Å².